The van der Waals surface area contributed by atoms with Gasteiger partial charge in [0.15, 0.2) is 49.8 Å². The predicted molar refractivity (Wildman–Crippen MR) is 270 cm³/mol. The molecule has 15 N–H and O–H groups in total. The van der Waals surface area contributed by atoms with Gasteiger partial charge in [-0.25, -0.2) is 0 Å². The van der Waals surface area contributed by atoms with Crippen LogP contribution in [0.25, 0.3) is 0 Å². The van der Waals surface area contributed by atoms with E-state index in [0.29, 0.717) is 41.4 Å². The van der Waals surface area contributed by atoms with Gasteiger partial charge in [0, 0.05) is 12.3 Å². The quantitative estimate of drug-likeness (QED) is 0.0825. The van der Waals surface area contributed by atoms with E-state index >= 15 is 0 Å². The molecule has 11 aliphatic rings. The van der Waals surface area contributed by atoms with Crippen LogP contribution in [0.3, 0.4) is 0 Å². The van der Waals surface area contributed by atoms with Crippen LogP contribution >= 0.6 is 0 Å². The van der Waals surface area contributed by atoms with Crippen molar-refractivity contribution >= 4 is 0 Å². The number of aliphatic hydroxyl groups is 15. The molecule has 27 nitrogen and oxygen atoms in total. The van der Waals surface area contributed by atoms with Crippen molar-refractivity contribution in [1.82, 2.24) is 0 Å². The van der Waals surface area contributed by atoms with Crippen molar-refractivity contribution in [3.63, 3.8) is 0 Å². The maximum Gasteiger partial charge on any atom is 0.189 e. The molecule has 0 amide bonds. The summed E-state index contributed by atoms with van der Waals surface area (Å²) in [5, 5.41) is 162. The second kappa shape index (κ2) is 24.0. The molecule has 37 atom stereocenters. The minimum Gasteiger partial charge on any atom is -0.394 e. The zero-order valence-electron chi connectivity index (χ0n) is 46.9. The summed E-state index contributed by atoms with van der Waals surface area (Å²) in [7, 11) is 0. The first-order valence-electron chi connectivity index (χ1n) is 29.8. The van der Waals surface area contributed by atoms with E-state index in [9.17, 15) is 76.6 Å². The summed E-state index contributed by atoms with van der Waals surface area (Å²) in [5.74, 6) is 3.20. The smallest absolute Gasteiger partial charge is 0.189 e. The summed E-state index contributed by atoms with van der Waals surface area (Å²) in [6, 6.07) is 0. The Labute approximate surface area is 475 Å². The molecule has 0 radical (unpaired) electrons. The van der Waals surface area contributed by atoms with Gasteiger partial charge in [0.2, 0.25) is 0 Å². The molecule has 11 rings (SSSR count). The topological polar surface area (TPSA) is 414 Å². The molecule has 4 saturated carbocycles. The highest BCUT2D eigenvalue weighted by molar-refractivity contribution is 5.16. The third-order valence-electron chi connectivity index (χ3n) is 21.9. The van der Waals surface area contributed by atoms with Gasteiger partial charge in [-0.2, -0.15) is 0 Å². The number of rotatable bonds is 12. The van der Waals surface area contributed by atoms with Crippen LogP contribution < -0.4 is 0 Å². The van der Waals surface area contributed by atoms with Gasteiger partial charge in [-0.15, -0.1) is 0 Å². The molecule has 0 aromatic carbocycles. The Kier molecular flexibility index (Phi) is 18.3. The zero-order chi connectivity index (χ0) is 58.8. The van der Waals surface area contributed by atoms with E-state index in [2.05, 4.69) is 27.7 Å². The lowest BCUT2D eigenvalue weighted by molar-refractivity contribution is -0.408. The largest absolute Gasteiger partial charge is 0.394 e. The van der Waals surface area contributed by atoms with Crippen molar-refractivity contribution < 1.29 is 133 Å². The van der Waals surface area contributed by atoms with Crippen LogP contribution in [-0.2, 0) is 56.8 Å². The normalized spacial score (nSPS) is 58.8. The SMILES string of the molecule is C[C@@H]1CC[C@@]2(OC1)O[C@H]1C[C@H]3[C@@H]4CC[C@H]5C[C@@H](O[C@@H]6O[C@H](C)[C@@H](O[C@@H]7O[C@H](CO)[C@@H](O[C@@H]8O[C@H](O)[C@H](O)[C@@H](O[C@@H]9O[C@H](CO)[C@H](O[C@@H]%10O[C@H](O)[C@@H](O)[C@H](O)[C@H]%10O)[C@H](O)[C@H]9O)[C@H]8O)[C@H](O)[C@H]7O)[C@@H](O)[C@H]6O)CC[C@]5(C)[C@H]4CC[C@]3(C)[C@H]1[C@@H]2C. The first kappa shape index (κ1) is 62.5. The molecule has 82 heavy (non-hydrogen) atoms. The summed E-state index contributed by atoms with van der Waals surface area (Å²) in [6.45, 7) is 10.1. The second-order valence-corrected chi connectivity index (χ2v) is 26.5. The van der Waals surface area contributed by atoms with Gasteiger partial charge in [0.05, 0.1) is 38.1 Å². The van der Waals surface area contributed by atoms with Crippen molar-refractivity contribution in [1.29, 1.82) is 0 Å². The Morgan fingerprint density at radius 3 is 1.57 bits per heavy atom. The van der Waals surface area contributed by atoms with E-state index in [1.165, 1.54) is 12.8 Å². The van der Waals surface area contributed by atoms with E-state index in [-0.39, 0.29) is 23.0 Å². The van der Waals surface area contributed by atoms with Crippen LogP contribution in [0.2, 0.25) is 0 Å². The fraction of sp³-hybridized carbons (Fsp3) is 1.00. The maximum absolute atomic E-state index is 11.6. The van der Waals surface area contributed by atoms with Crippen LogP contribution in [0.4, 0.5) is 0 Å². The lowest BCUT2D eigenvalue weighted by Gasteiger charge is -2.61. The van der Waals surface area contributed by atoms with Gasteiger partial charge in [-0.05, 0) is 111 Å². The molecule has 0 aromatic rings. The standard InChI is InChI=1S/C55H90O27/c1-19-8-13-55(71-18-19)20(2)30-27(82-55)15-26-24-7-6-22-14-23(9-11-53(22,4)25(24)10-12-54(26,30)5)73-48-37(64)32(59)42(21(3)72-48)76-49-38(65)33(60)44(29(17-57)74-49)78-52-41(68)45(40(67)47(70)81-52)79-50-39(66)34(61)43(28(16-56)75-50)77-51-36(63)31(58)35(62)46(69)80-51/h19-52,56-70H,6-18H2,1-5H3/t19-,20+,21-,22+,23+,24-,25+,26+,27+,28-,29-,30+,31+,32+,33-,34-,35+,36-,37-,38-,39-,40-,41-,42-,43+,44-,45-,46+,47+,48+,49+,50+,51-,52-,53+,54+,55-/m1/s1. The average Bonchev–Trinajstić information content (AvgIpc) is 4.09. The third kappa shape index (κ3) is 10.8. The molecule has 7 heterocycles. The molecule has 0 unspecified atom stereocenters. The molecular weight excluding hydrogens is 1090 g/mol. The Hall–Kier alpha value is -1.08. The van der Waals surface area contributed by atoms with Gasteiger partial charge in [0.25, 0.3) is 0 Å². The van der Waals surface area contributed by atoms with E-state index in [1.54, 1.807) is 6.92 Å². The molecule has 7 saturated heterocycles. The van der Waals surface area contributed by atoms with E-state index in [4.69, 9.17) is 56.8 Å². The molecule has 7 aliphatic heterocycles. The van der Waals surface area contributed by atoms with Crippen molar-refractivity contribution in [3.8, 4) is 0 Å². The molecule has 472 valence electrons. The van der Waals surface area contributed by atoms with Crippen LogP contribution in [0.15, 0.2) is 0 Å². The third-order valence-corrected chi connectivity index (χ3v) is 21.9. The Morgan fingerprint density at radius 2 is 0.976 bits per heavy atom. The van der Waals surface area contributed by atoms with E-state index < -0.39 is 173 Å². The van der Waals surface area contributed by atoms with Crippen LogP contribution in [0, 0.1) is 52.3 Å². The molecule has 4 aliphatic carbocycles. The van der Waals surface area contributed by atoms with Crippen LogP contribution in [0.1, 0.15) is 98.8 Å². The number of hydrogen-bond acceptors (Lipinski definition) is 27. The Morgan fingerprint density at radius 1 is 0.451 bits per heavy atom. The second-order valence-electron chi connectivity index (χ2n) is 26.5. The number of fused-ring (bicyclic) bond motifs is 7. The molecule has 0 bridgehead atoms. The van der Waals surface area contributed by atoms with Crippen molar-refractivity contribution in [2.45, 2.75) is 271 Å². The van der Waals surface area contributed by atoms with Gasteiger partial charge in [-0.1, -0.05) is 27.7 Å². The lowest BCUT2D eigenvalue weighted by Crippen LogP contribution is -2.67. The number of hydrogen-bond donors (Lipinski definition) is 15. The fourth-order valence-electron chi connectivity index (χ4n) is 17.2. The molecule has 27 heteroatoms. The molecule has 11 fully saturated rings. The fourth-order valence-corrected chi connectivity index (χ4v) is 17.2. The van der Waals surface area contributed by atoms with Crippen molar-refractivity contribution in [2.24, 2.45) is 52.3 Å². The van der Waals surface area contributed by atoms with Crippen LogP contribution in [-0.4, -0.2) is 268 Å². The van der Waals surface area contributed by atoms with Gasteiger partial charge >= 0.3 is 0 Å². The monoisotopic (exact) mass is 1180 g/mol. The van der Waals surface area contributed by atoms with Crippen molar-refractivity contribution in [3.05, 3.63) is 0 Å². The number of aliphatic hydroxyl groups excluding tert-OH is 15. The maximum atomic E-state index is 11.6. The van der Waals surface area contributed by atoms with Gasteiger partial charge in [-0.3, -0.25) is 0 Å². The first-order valence-corrected chi connectivity index (χ1v) is 29.8. The van der Waals surface area contributed by atoms with Crippen molar-refractivity contribution in [2.75, 3.05) is 19.8 Å². The van der Waals surface area contributed by atoms with Crippen LogP contribution in [0.5, 0.6) is 0 Å². The molecular formula is C55H90O27. The molecule has 1 spiro atoms. The average molecular weight is 1180 g/mol. The van der Waals surface area contributed by atoms with E-state index in [0.717, 1.165) is 58.0 Å². The Balaban J connectivity index is 0.670. The summed E-state index contributed by atoms with van der Waals surface area (Å²) in [5.41, 5.74) is 0.342. The lowest BCUT2D eigenvalue weighted by atomic mass is 9.44. The van der Waals surface area contributed by atoms with Gasteiger partial charge in [0.1, 0.15) is 104 Å². The highest BCUT2D eigenvalue weighted by Crippen LogP contribution is 2.71. The minimum absolute atomic E-state index is 0.128. The summed E-state index contributed by atoms with van der Waals surface area (Å²) in [4.78, 5) is 0. The van der Waals surface area contributed by atoms with Gasteiger partial charge < -0.3 is 133 Å². The highest BCUT2D eigenvalue weighted by Gasteiger charge is 2.69. The Bertz CT molecular complexity index is 2140. The summed E-state index contributed by atoms with van der Waals surface area (Å²) >= 11 is 0. The predicted octanol–water partition coefficient (Wildman–Crippen LogP) is -4.14. The molecule has 0 aromatic heterocycles. The zero-order valence-corrected chi connectivity index (χ0v) is 46.9. The number of ether oxygens (including phenoxy) is 12. The van der Waals surface area contributed by atoms with E-state index in [1.807, 2.05) is 0 Å². The summed E-state index contributed by atoms with van der Waals surface area (Å²) in [6.07, 6.45) is -35.7. The highest BCUT2D eigenvalue weighted by atomic mass is 16.8. The summed E-state index contributed by atoms with van der Waals surface area (Å²) < 4.78 is 70.8. The first-order chi connectivity index (χ1) is 38.8. The minimum atomic E-state index is -2.22.